The van der Waals surface area contributed by atoms with Crippen molar-refractivity contribution in [2.45, 2.75) is 212 Å². The number of aliphatic hydroxyl groups is 20. The zero-order chi connectivity index (χ0) is 53.1. The van der Waals surface area contributed by atoms with E-state index in [2.05, 4.69) is 0 Å². The van der Waals surface area contributed by atoms with E-state index in [1.807, 2.05) is 0 Å². The van der Waals surface area contributed by atoms with Crippen LogP contribution in [0.25, 0.3) is 0 Å². The second-order valence-electron chi connectivity index (χ2n) is 17.9. The molecule has 0 spiro atoms. The van der Waals surface area contributed by atoms with E-state index in [4.69, 9.17) is 93.7 Å². The number of aliphatic hydroxyl groups excluding tert-OH is 20. The first kappa shape index (κ1) is 63.1. The fraction of sp³-hybridized carbons (Fsp3) is 1.00. The molecule has 0 aromatic carbocycles. The monoisotopic (exact) mass is 1030 g/mol. The van der Waals surface area contributed by atoms with E-state index in [0.717, 1.165) is 0 Å². The van der Waals surface area contributed by atoms with Gasteiger partial charge in [0.15, 0.2) is 12.6 Å². The van der Waals surface area contributed by atoms with Gasteiger partial charge in [0.1, 0.15) is 134 Å². The molecule has 29 nitrogen and oxygen atoms in total. The molecule has 7 saturated heterocycles. The minimum atomic E-state index is -1.33. The van der Waals surface area contributed by atoms with Crippen molar-refractivity contribution in [3.8, 4) is 0 Å². The van der Waals surface area contributed by atoms with E-state index < -0.39 is 184 Å². The molecule has 7 fully saturated rings. The lowest BCUT2D eigenvalue weighted by molar-refractivity contribution is -0.224. The maximum Gasteiger partial charge on any atom is 0.187 e. The first-order valence-electron chi connectivity index (χ1n) is 22.9. The van der Waals surface area contributed by atoms with Crippen molar-refractivity contribution in [1.29, 1.82) is 0 Å². The molecule has 416 valence electrons. The van der Waals surface area contributed by atoms with E-state index in [9.17, 15) is 51.1 Å². The predicted molar refractivity (Wildman–Crippen MR) is 226 cm³/mol. The third-order valence-corrected chi connectivity index (χ3v) is 12.7. The molecule has 0 aromatic rings. The van der Waals surface area contributed by atoms with Crippen LogP contribution in [0.4, 0.5) is 0 Å². The summed E-state index contributed by atoms with van der Waals surface area (Å²) in [5.74, 6) is 0. The molecule has 29 heteroatoms. The van der Waals surface area contributed by atoms with Crippen LogP contribution in [0, 0.1) is 0 Å². The number of ether oxygens (including phenoxy) is 9. The molecule has 0 saturated carbocycles. The molecule has 7 aliphatic rings. The first-order chi connectivity index (χ1) is 32.8. The Morgan fingerprint density at radius 2 is 0.657 bits per heavy atom. The summed E-state index contributed by atoms with van der Waals surface area (Å²) in [7, 11) is 0. The van der Waals surface area contributed by atoms with Gasteiger partial charge < -0.3 is 145 Å². The highest BCUT2D eigenvalue weighted by atomic mass is 16.7. The number of hydrogen-bond donors (Lipinski definition) is 20. The predicted octanol–water partition coefficient (Wildman–Crippen LogP) is -11.3. The maximum atomic E-state index is 9.88. The van der Waals surface area contributed by atoms with E-state index in [1.54, 1.807) is 34.6 Å². The fourth-order valence-electron chi connectivity index (χ4n) is 7.96. The van der Waals surface area contributed by atoms with Crippen LogP contribution in [0.2, 0.25) is 0 Å². The van der Waals surface area contributed by atoms with Crippen LogP contribution in [0.3, 0.4) is 0 Å². The van der Waals surface area contributed by atoms with Crippen LogP contribution in [0.5, 0.6) is 0 Å². The SMILES string of the molecule is C[C@@H]1OC(CO)[C@H](O)[C@H](O)C1O.C[C@@H]1OC[C@H](O)[C@H](O)C1O.C[C@@H]1O[C@@H](CO)[C@@H](O)C1O.C[C@@H]1O[C@@H](CO)[C@@H](O[C@@H]2O[C@@H](CO)[C@@H](O)C2O)C1O.C[C@@H]1O[C@@H](CO[C@@H]2O[C@@H](CO)[C@@H](O)C2O)[C@@H](O)C1O. The molecule has 0 radical (unpaired) electrons. The fourth-order valence-corrected chi connectivity index (χ4v) is 7.96. The summed E-state index contributed by atoms with van der Waals surface area (Å²) in [4.78, 5) is 0. The molecule has 8 unspecified atom stereocenters. The Hall–Kier alpha value is -1.16. The van der Waals surface area contributed by atoms with Crippen molar-refractivity contribution < 1.29 is 145 Å². The van der Waals surface area contributed by atoms with Gasteiger partial charge >= 0.3 is 0 Å². The topological polar surface area (TPSA) is 488 Å². The first-order valence-corrected chi connectivity index (χ1v) is 22.9. The van der Waals surface area contributed by atoms with Gasteiger partial charge in [0.2, 0.25) is 0 Å². The molecule has 70 heavy (non-hydrogen) atoms. The standard InChI is InChI=1S/2C11H20O8.C7H14O5.2C6H12O4/c1-4-7(14)10(6(3-13)17-4)19-11-9(16)8(15)5(2-12)18-11;1-4-7(13)9(15)6(18-4)3-17-11-10(16)8(14)5(2-12)19-11;1-3-5(9)7(11)6(10)4(2-8)12-3;1-3-5(8)6(9)4(7)2-10-3;1-3-5(8)6(9)4(2-7)10-3/h2*4-16H,2-3H2,1H3;3-11H,2H2,1H3;2*3-9H,2H2,1H3/t4-,5-,6-,7?,8+,9?,10+,11-;4-,5-,6-,7?,8+,9+,10?,11+;3-,4?,5?,6-,7+;3-,4-,5?,6-;3-,4-,5?,6+/m00000/s1. The summed E-state index contributed by atoms with van der Waals surface area (Å²) in [5.41, 5.74) is 0. The quantitative estimate of drug-likeness (QED) is 0.0966. The summed E-state index contributed by atoms with van der Waals surface area (Å²) in [6, 6.07) is 0. The van der Waals surface area contributed by atoms with Gasteiger partial charge in [-0.25, -0.2) is 0 Å². The molecule has 7 rings (SSSR count). The van der Waals surface area contributed by atoms with Gasteiger partial charge in [0.25, 0.3) is 0 Å². The molecule has 0 amide bonds. The number of hydrogen-bond acceptors (Lipinski definition) is 29. The number of rotatable bonds is 10. The van der Waals surface area contributed by atoms with Crippen LogP contribution < -0.4 is 0 Å². The van der Waals surface area contributed by atoms with Crippen molar-refractivity contribution in [3.05, 3.63) is 0 Å². The molecule has 20 N–H and O–H groups in total. The van der Waals surface area contributed by atoms with Crippen LogP contribution in [0.15, 0.2) is 0 Å². The average Bonchev–Trinajstić information content (AvgIpc) is 4.05. The lowest BCUT2D eigenvalue weighted by Gasteiger charge is -2.38. The Kier molecular flexibility index (Phi) is 26.4. The summed E-state index contributed by atoms with van der Waals surface area (Å²) >= 11 is 0. The van der Waals surface area contributed by atoms with E-state index in [1.165, 1.54) is 0 Å². The highest BCUT2D eigenvalue weighted by Gasteiger charge is 2.50. The Morgan fingerprint density at radius 3 is 1.06 bits per heavy atom. The largest absolute Gasteiger partial charge is 0.394 e. The molecule has 0 aromatic heterocycles. The van der Waals surface area contributed by atoms with Gasteiger partial charge in [-0.1, -0.05) is 0 Å². The van der Waals surface area contributed by atoms with Crippen molar-refractivity contribution in [3.63, 3.8) is 0 Å². The molecule has 7 heterocycles. The highest BCUT2D eigenvalue weighted by molar-refractivity contribution is 4.94. The van der Waals surface area contributed by atoms with Gasteiger partial charge in [-0.05, 0) is 34.6 Å². The molecule has 7 aliphatic heterocycles. The normalized spacial score (nSPS) is 49.9. The minimum absolute atomic E-state index is 0.0966. The molecular weight excluding hydrogens is 956 g/mol. The van der Waals surface area contributed by atoms with Crippen LogP contribution in [0.1, 0.15) is 34.6 Å². The second kappa shape index (κ2) is 29.2. The second-order valence-corrected chi connectivity index (χ2v) is 17.9. The Morgan fingerprint density at radius 1 is 0.329 bits per heavy atom. The third-order valence-electron chi connectivity index (χ3n) is 12.7. The van der Waals surface area contributed by atoms with Crippen molar-refractivity contribution in [2.24, 2.45) is 0 Å². The zero-order valence-corrected chi connectivity index (χ0v) is 39.3. The summed E-state index contributed by atoms with van der Waals surface area (Å²) in [6.45, 7) is 6.28. The van der Waals surface area contributed by atoms with Crippen molar-refractivity contribution in [2.75, 3.05) is 46.2 Å². The van der Waals surface area contributed by atoms with Crippen LogP contribution >= 0.6 is 0 Å². The summed E-state index contributed by atoms with van der Waals surface area (Å²) < 4.78 is 46.4. The van der Waals surface area contributed by atoms with Crippen LogP contribution in [-0.2, 0) is 42.6 Å². The Labute approximate surface area is 402 Å². The Bertz CT molecular complexity index is 1420. The third kappa shape index (κ3) is 15.9. The van der Waals surface area contributed by atoms with E-state index >= 15 is 0 Å². The molecule has 0 aliphatic carbocycles. The minimum Gasteiger partial charge on any atom is -0.394 e. The van der Waals surface area contributed by atoms with Gasteiger partial charge in [-0.3, -0.25) is 0 Å². The van der Waals surface area contributed by atoms with Crippen molar-refractivity contribution in [1.82, 2.24) is 0 Å². The van der Waals surface area contributed by atoms with Gasteiger partial charge in [-0.2, -0.15) is 0 Å². The molecular formula is C41H78O29. The van der Waals surface area contributed by atoms with Crippen LogP contribution in [-0.4, -0.2) is 326 Å². The maximum absolute atomic E-state index is 9.88. The van der Waals surface area contributed by atoms with Gasteiger partial charge in [0, 0.05) is 0 Å². The summed E-state index contributed by atoms with van der Waals surface area (Å²) in [5, 5.41) is 185. The lowest BCUT2D eigenvalue weighted by Crippen LogP contribution is -2.57. The lowest BCUT2D eigenvalue weighted by atomic mass is 9.96. The van der Waals surface area contributed by atoms with Crippen molar-refractivity contribution >= 4 is 0 Å². The zero-order valence-electron chi connectivity index (χ0n) is 39.3. The molecule has 0 bridgehead atoms. The van der Waals surface area contributed by atoms with E-state index in [0.29, 0.717) is 0 Å². The summed E-state index contributed by atoms with van der Waals surface area (Å²) in [6.07, 6.45) is -26.8. The smallest absolute Gasteiger partial charge is 0.187 e. The molecule has 29 atom stereocenters. The Balaban J connectivity index is 0.000000238. The van der Waals surface area contributed by atoms with Gasteiger partial charge in [-0.15, -0.1) is 0 Å². The highest BCUT2D eigenvalue weighted by Crippen LogP contribution is 2.30. The van der Waals surface area contributed by atoms with E-state index in [-0.39, 0.29) is 39.1 Å². The average molecular weight is 1040 g/mol. The van der Waals surface area contributed by atoms with Gasteiger partial charge in [0.05, 0.1) is 76.8 Å².